The molecule has 26 heavy (non-hydrogen) atoms. The molecule has 1 aliphatic carbocycles. The predicted octanol–water partition coefficient (Wildman–Crippen LogP) is -5.72. The second-order valence-electron chi connectivity index (χ2n) is 4.96. The normalized spacial score (nSPS) is 13.2. The van der Waals surface area contributed by atoms with Gasteiger partial charge < -0.3 is 9.11 Å². The molecule has 0 atom stereocenters. The molecule has 0 aromatic heterocycles. The van der Waals surface area contributed by atoms with Crippen molar-refractivity contribution in [1.29, 1.82) is 0 Å². The van der Waals surface area contributed by atoms with E-state index in [1.54, 1.807) is 0 Å². The van der Waals surface area contributed by atoms with E-state index in [2.05, 4.69) is 0 Å². The zero-order valence-corrected chi connectivity index (χ0v) is 19.2. The molecule has 0 heterocycles. The fraction of sp³-hybridized carbons (Fsp3) is 0. The zero-order chi connectivity index (χ0) is 17.9. The van der Waals surface area contributed by atoms with Gasteiger partial charge in [-0.2, -0.15) is 0 Å². The molecule has 0 amide bonds. The molecule has 0 saturated carbocycles. The summed E-state index contributed by atoms with van der Waals surface area (Å²) in [7, 11) is -10.7. The molecule has 0 N–H and O–H groups in total. The largest absolute Gasteiger partial charge is 1.00 e. The average molecular weight is 412 g/mol. The van der Waals surface area contributed by atoms with Crippen LogP contribution in [0.2, 0.25) is 0 Å². The Kier molecular flexibility index (Phi) is 7.20. The van der Waals surface area contributed by atoms with Gasteiger partial charge in [0.1, 0.15) is 20.2 Å². The van der Waals surface area contributed by atoms with Crippen molar-refractivity contribution in [2.45, 2.75) is 9.79 Å². The van der Waals surface area contributed by atoms with Crippen molar-refractivity contribution in [2.24, 2.45) is 0 Å². The van der Waals surface area contributed by atoms with Crippen LogP contribution in [0, 0.1) is 0 Å². The Bertz CT molecular complexity index is 1050. The second kappa shape index (κ2) is 7.92. The van der Waals surface area contributed by atoms with Crippen molar-refractivity contribution in [1.82, 2.24) is 0 Å². The van der Waals surface area contributed by atoms with Crippen molar-refractivity contribution in [2.75, 3.05) is 0 Å². The fourth-order valence-electron chi connectivity index (χ4n) is 2.50. The van der Waals surface area contributed by atoms with Crippen molar-refractivity contribution in [3.63, 3.8) is 0 Å². The first kappa shape index (κ1) is 23.6. The number of rotatable bonds is 2. The van der Waals surface area contributed by atoms with Crippen LogP contribution in [0.1, 0.15) is 31.8 Å². The third-order valence-corrected chi connectivity index (χ3v) is 5.41. The van der Waals surface area contributed by atoms with Crippen molar-refractivity contribution < 1.29 is 94.6 Å². The van der Waals surface area contributed by atoms with E-state index >= 15 is 0 Å². The summed E-state index contributed by atoms with van der Waals surface area (Å²) in [6.07, 6.45) is 0. The summed E-state index contributed by atoms with van der Waals surface area (Å²) < 4.78 is 67.6. The van der Waals surface area contributed by atoms with Gasteiger partial charge >= 0.3 is 59.1 Å². The van der Waals surface area contributed by atoms with Crippen LogP contribution in [-0.4, -0.2) is 37.5 Å². The Morgan fingerprint density at radius 1 is 0.615 bits per heavy atom. The van der Waals surface area contributed by atoms with Gasteiger partial charge in [0.05, 0.1) is 9.79 Å². The third-order valence-electron chi connectivity index (χ3n) is 3.53. The van der Waals surface area contributed by atoms with E-state index in [0.717, 1.165) is 0 Å². The molecular weight excluding hydrogens is 406 g/mol. The number of fused-ring (bicyclic) bond motifs is 2. The average Bonchev–Trinajstić information content (AvgIpc) is 2.49. The molecule has 0 aliphatic heterocycles. The van der Waals surface area contributed by atoms with Gasteiger partial charge in [-0.05, 0) is 12.1 Å². The minimum atomic E-state index is -5.36. The Labute approximate surface area is 193 Å². The smallest absolute Gasteiger partial charge is 0.744 e. The number of ketones is 2. The maximum atomic E-state index is 12.4. The van der Waals surface area contributed by atoms with Gasteiger partial charge in [0, 0.05) is 22.3 Å². The molecule has 12 heteroatoms. The molecule has 0 saturated heterocycles. The standard InChI is InChI=1S/C14H8O8S2.2Na/c15-13-7-3-1-2-4-8(7)14(16)10-6-12(24(20,21)22)11(5-9(10)13)23(17,18)19;;/h1-6H,(H,17,18,19)(H,20,21,22);;/q;2*+1/p-2. The minimum absolute atomic E-state index is 0. The first-order chi connectivity index (χ1) is 11.0. The van der Waals surface area contributed by atoms with Gasteiger partial charge in [-0.25, -0.2) is 16.8 Å². The molecule has 0 spiro atoms. The molecule has 0 radical (unpaired) electrons. The van der Waals surface area contributed by atoms with Crippen LogP contribution >= 0.6 is 0 Å². The number of hydrogen-bond acceptors (Lipinski definition) is 8. The van der Waals surface area contributed by atoms with Crippen LogP contribution in [0.4, 0.5) is 0 Å². The predicted molar refractivity (Wildman–Crippen MR) is 75.7 cm³/mol. The van der Waals surface area contributed by atoms with E-state index in [-0.39, 0.29) is 70.2 Å². The maximum Gasteiger partial charge on any atom is 1.00 e. The van der Waals surface area contributed by atoms with Gasteiger partial charge in [-0.1, -0.05) is 24.3 Å². The number of benzene rings is 2. The number of carbonyl (C=O) groups is 2. The molecule has 1 aliphatic rings. The van der Waals surface area contributed by atoms with Gasteiger partial charge in [0.2, 0.25) is 0 Å². The number of hydrogen-bond donors (Lipinski definition) is 0. The molecule has 3 rings (SSSR count). The second-order valence-corrected chi connectivity index (χ2v) is 7.65. The molecule has 0 bridgehead atoms. The van der Waals surface area contributed by atoms with E-state index < -0.39 is 52.7 Å². The molecule has 2 aromatic rings. The Balaban J connectivity index is 0.00000169. The van der Waals surface area contributed by atoms with Crippen LogP contribution in [0.5, 0.6) is 0 Å². The molecule has 2 aromatic carbocycles. The van der Waals surface area contributed by atoms with Crippen molar-refractivity contribution >= 4 is 31.8 Å². The van der Waals surface area contributed by atoms with E-state index in [1.165, 1.54) is 24.3 Å². The van der Waals surface area contributed by atoms with Gasteiger partial charge in [-0.15, -0.1) is 0 Å². The summed E-state index contributed by atoms with van der Waals surface area (Å²) in [5, 5.41) is 0. The summed E-state index contributed by atoms with van der Waals surface area (Å²) in [5.41, 5.74) is -0.912. The zero-order valence-electron chi connectivity index (χ0n) is 13.5. The van der Waals surface area contributed by atoms with Gasteiger partial charge in [0.15, 0.2) is 11.6 Å². The Hall–Kier alpha value is -0.400. The summed E-state index contributed by atoms with van der Waals surface area (Å²) in [6.45, 7) is 0. The van der Waals surface area contributed by atoms with Crippen LogP contribution in [0.25, 0.3) is 0 Å². The molecule has 8 nitrogen and oxygen atoms in total. The van der Waals surface area contributed by atoms with Crippen LogP contribution < -0.4 is 59.1 Å². The summed E-state index contributed by atoms with van der Waals surface area (Å²) in [5.74, 6) is -1.50. The summed E-state index contributed by atoms with van der Waals surface area (Å²) >= 11 is 0. The van der Waals surface area contributed by atoms with E-state index in [1.807, 2.05) is 0 Å². The van der Waals surface area contributed by atoms with Crippen molar-refractivity contribution in [3.8, 4) is 0 Å². The monoisotopic (exact) mass is 412 g/mol. The third kappa shape index (κ3) is 4.04. The van der Waals surface area contributed by atoms with Gasteiger partial charge in [0.25, 0.3) is 0 Å². The molecular formula is C14H6Na2O8S2. The Morgan fingerprint density at radius 3 is 1.19 bits per heavy atom. The number of carbonyl (C=O) groups excluding carboxylic acids is 2. The summed E-state index contributed by atoms with van der Waals surface area (Å²) in [6, 6.07) is 6.58. The topological polar surface area (TPSA) is 149 Å². The molecule has 124 valence electrons. The Morgan fingerprint density at radius 2 is 0.923 bits per heavy atom. The summed E-state index contributed by atoms with van der Waals surface area (Å²) in [4.78, 5) is 22.1. The van der Waals surface area contributed by atoms with Gasteiger partial charge in [-0.3, -0.25) is 9.59 Å². The van der Waals surface area contributed by atoms with Crippen LogP contribution in [0.3, 0.4) is 0 Å². The van der Waals surface area contributed by atoms with E-state index in [4.69, 9.17) is 0 Å². The molecule has 0 unspecified atom stereocenters. The van der Waals surface area contributed by atoms with E-state index in [0.29, 0.717) is 12.1 Å². The maximum absolute atomic E-state index is 12.4. The quantitative estimate of drug-likeness (QED) is 0.299. The van der Waals surface area contributed by atoms with Crippen LogP contribution in [0.15, 0.2) is 46.2 Å². The SMILES string of the molecule is O=C1c2ccccc2C(=O)c2cc(S(=O)(=O)[O-])c(S(=O)(=O)[O-])cc21.[Na+].[Na+]. The first-order valence-corrected chi connectivity index (χ1v) is 9.12. The van der Waals surface area contributed by atoms with Crippen molar-refractivity contribution in [3.05, 3.63) is 58.7 Å². The minimum Gasteiger partial charge on any atom is -0.744 e. The van der Waals surface area contributed by atoms with E-state index in [9.17, 15) is 35.5 Å². The van der Waals surface area contributed by atoms with Crippen LogP contribution in [-0.2, 0) is 20.2 Å². The fourth-order valence-corrected chi connectivity index (χ4v) is 4.24. The first-order valence-electron chi connectivity index (χ1n) is 6.30. The molecule has 0 fully saturated rings.